The third kappa shape index (κ3) is 2.53. The standard InChI is InChI=1S/C15H19NO2/c1-12(18-2)9-13-5-3-6-14(10-13)15(16-11-17)7-4-8-15/h3,5-6,10,12H,4,7-9H2,1-2H3. The van der Waals surface area contributed by atoms with Gasteiger partial charge in [0.2, 0.25) is 6.08 Å². The predicted molar refractivity (Wildman–Crippen MR) is 70.3 cm³/mol. The van der Waals surface area contributed by atoms with Crippen molar-refractivity contribution in [2.75, 3.05) is 7.11 Å². The molecule has 1 atom stereocenters. The third-order valence-electron chi connectivity index (χ3n) is 3.83. The molecule has 0 bridgehead atoms. The molecule has 1 unspecified atom stereocenters. The summed E-state index contributed by atoms with van der Waals surface area (Å²) in [4.78, 5) is 14.6. The van der Waals surface area contributed by atoms with E-state index in [1.807, 2.05) is 6.07 Å². The summed E-state index contributed by atoms with van der Waals surface area (Å²) in [6, 6.07) is 8.33. The number of hydrogen-bond acceptors (Lipinski definition) is 3. The van der Waals surface area contributed by atoms with Gasteiger partial charge in [0.05, 0.1) is 11.6 Å². The molecule has 0 amide bonds. The largest absolute Gasteiger partial charge is 0.381 e. The van der Waals surface area contributed by atoms with Crippen molar-refractivity contribution in [2.45, 2.75) is 44.2 Å². The molecular formula is C15H19NO2. The van der Waals surface area contributed by atoms with Crippen LogP contribution in [0.15, 0.2) is 29.3 Å². The average molecular weight is 245 g/mol. The van der Waals surface area contributed by atoms with E-state index in [2.05, 4.69) is 30.1 Å². The van der Waals surface area contributed by atoms with E-state index in [0.29, 0.717) is 0 Å². The van der Waals surface area contributed by atoms with Crippen molar-refractivity contribution < 1.29 is 9.53 Å². The van der Waals surface area contributed by atoms with Gasteiger partial charge in [0, 0.05) is 7.11 Å². The fourth-order valence-electron chi connectivity index (χ4n) is 2.47. The Labute approximate surface area is 108 Å². The molecule has 2 rings (SSSR count). The molecule has 1 aliphatic carbocycles. The van der Waals surface area contributed by atoms with Crippen LogP contribution >= 0.6 is 0 Å². The molecule has 1 saturated carbocycles. The number of benzene rings is 1. The molecule has 3 nitrogen and oxygen atoms in total. The molecule has 0 heterocycles. The highest BCUT2D eigenvalue weighted by Gasteiger charge is 2.38. The molecule has 0 aromatic heterocycles. The van der Waals surface area contributed by atoms with Gasteiger partial charge in [-0.15, -0.1) is 0 Å². The highest BCUT2D eigenvalue weighted by atomic mass is 16.5. The summed E-state index contributed by atoms with van der Waals surface area (Å²) < 4.78 is 5.28. The van der Waals surface area contributed by atoms with Gasteiger partial charge in [-0.25, -0.2) is 4.79 Å². The molecule has 1 aliphatic rings. The number of methoxy groups -OCH3 is 1. The maximum Gasteiger partial charge on any atom is 0.235 e. The fourth-order valence-corrected chi connectivity index (χ4v) is 2.47. The Hall–Kier alpha value is -1.44. The van der Waals surface area contributed by atoms with E-state index in [4.69, 9.17) is 4.74 Å². The molecule has 96 valence electrons. The first-order valence-electron chi connectivity index (χ1n) is 6.41. The number of isocyanates is 1. The van der Waals surface area contributed by atoms with Crippen molar-refractivity contribution in [1.29, 1.82) is 0 Å². The van der Waals surface area contributed by atoms with Gasteiger partial charge in [0.1, 0.15) is 0 Å². The summed E-state index contributed by atoms with van der Waals surface area (Å²) in [5.41, 5.74) is 2.07. The summed E-state index contributed by atoms with van der Waals surface area (Å²) >= 11 is 0. The summed E-state index contributed by atoms with van der Waals surface area (Å²) in [5, 5.41) is 0. The molecule has 1 fully saturated rings. The van der Waals surface area contributed by atoms with Crippen LogP contribution in [0.4, 0.5) is 0 Å². The highest BCUT2D eigenvalue weighted by Crippen LogP contribution is 2.44. The summed E-state index contributed by atoms with van der Waals surface area (Å²) in [5.74, 6) is 0. The highest BCUT2D eigenvalue weighted by molar-refractivity contribution is 5.40. The van der Waals surface area contributed by atoms with Crippen LogP contribution in [0.3, 0.4) is 0 Å². The molecule has 18 heavy (non-hydrogen) atoms. The third-order valence-corrected chi connectivity index (χ3v) is 3.83. The summed E-state index contributed by atoms with van der Waals surface area (Å²) in [6.07, 6.45) is 5.84. The van der Waals surface area contributed by atoms with Crippen LogP contribution in [-0.2, 0) is 21.5 Å². The first-order valence-corrected chi connectivity index (χ1v) is 6.41. The van der Waals surface area contributed by atoms with E-state index in [0.717, 1.165) is 31.2 Å². The minimum Gasteiger partial charge on any atom is -0.381 e. The van der Waals surface area contributed by atoms with Gasteiger partial charge in [-0.3, -0.25) is 0 Å². The minimum absolute atomic E-state index is 0.201. The number of nitrogens with zero attached hydrogens (tertiary/aromatic N) is 1. The molecule has 0 saturated heterocycles. The molecule has 0 radical (unpaired) electrons. The number of hydrogen-bond donors (Lipinski definition) is 0. The van der Waals surface area contributed by atoms with Crippen molar-refractivity contribution in [2.24, 2.45) is 4.99 Å². The van der Waals surface area contributed by atoms with Crippen LogP contribution in [0, 0.1) is 0 Å². The molecule has 1 aromatic rings. The average Bonchev–Trinajstić information content (AvgIpc) is 2.34. The van der Waals surface area contributed by atoms with Crippen molar-refractivity contribution in [3.8, 4) is 0 Å². The van der Waals surface area contributed by atoms with Gasteiger partial charge in [-0.2, -0.15) is 4.99 Å². The van der Waals surface area contributed by atoms with Gasteiger partial charge < -0.3 is 4.74 Å². The van der Waals surface area contributed by atoms with E-state index in [1.165, 1.54) is 5.56 Å². The van der Waals surface area contributed by atoms with E-state index >= 15 is 0 Å². The lowest BCUT2D eigenvalue weighted by Crippen LogP contribution is -2.32. The van der Waals surface area contributed by atoms with Crippen LogP contribution in [0.5, 0.6) is 0 Å². The van der Waals surface area contributed by atoms with Gasteiger partial charge in [0.15, 0.2) is 0 Å². The molecule has 0 spiro atoms. The number of rotatable bonds is 5. The second-order valence-corrected chi connectivity index (χ2v) is 5.04. The van der Waals surface area contributed by atoms with Crippen LogP contribution in [0.25, 0.3) is 0 Å². The van der Waals surface area contributed by atoms with Crippen LogP contribution < -0.4 is 0 Å². The lowest BCUT2D eigenvalue weighted by atomic mass is 9.72. The van der Waals surface area contributed by atoms with Crippen LogP contribution in [0.1, 0.15) is 37.3 Å². The second-order valence-electron chi connectivity index (χ2n) is 5.04. The van der Waals surface area contributed by atoms with Crippen molar-refractivity contribution >= 4 is 6.08 Å². The Morgan fingerprint density at radius 3 is 2.83 bits per heavy atom. The monoisotopic (exact) mass is 245 g/mol. The number of carbonyl (C=O) groups excluding carboxylic acids is 1. The van der Waals surface area contributed by atoms with Gasteiger partial charge in [0.25, 0.3) is 0 Å². The Balaban J connectivity index is 2.23. The van der Waals surface area contributed by atoms with E-state index in [9.17, 15) is 4.79 Å². The van der Waals surface area contributed by atoms with Crippen molar-refractivity contribution in [3.05, 3.63) is 35.4 Å². The van der Waals surface area contributed by atoms with Crippen LogP contribution in [0.2, 0.25) is 0 Å². The Kier molecular flexibility index (Phi) is 3.95. The number of ether oxygens (including phenoxy) is 1. The Morgan fingerprint density at radius 1 is 1.50 bits per heavy atom. The Bertz CT molecular complexity index is 459. The smallest absolute Gasteiger partial charge is 0.235 e. The first-order chi connectivity index (χ1) is 8.70. The summed E-state index contributed by atoms with van der Waals surface area (Å²) in [6.45, 7) is 2.05. The SMILES string of the molecule is COC(C)Cc1cccc(C2(N=C=O)CCC2)c1. The maximum atomic E-state index is 10.6. The zero-order valence-corrected chi connectivity index (χ0v) is 11.0. The van der Waals surface area contributed by atoms with Crippen molar-refractivity contribution in [1.82, 2.24) is 0 Å². The zero-order chi connectivity index (χ0) is 13.0. The van der Waals surface area contributed by atoms with Gasteiger partial charge in [-0.1, -0.05) is 24.3 Å². The maximum absolute atomic E-state index is 10.6. The quantitative estimate of drug-likeness (QED) is 0.591. The normalized spacial score (nSPS) is 18.6. The van der Waals surface area contributed by atoms with Gasteiger partial charge >= 0.3 is 0 Å². The van der Waals surface area contributed by atoms with Gasteiger partial charge in [-0.05, 0) is 43.7 Å². The lowest BCUT2D eigenvalue weighted by molar-refractivity contribution is 0.118. The van der Waals surface area contributed by atoms with Crippen LogP contribution in [-0.4, -0.2) is 19.3 Å². The van der Waals surface area contributed by atoms with E-state index in [-0.39, 0.29) is 11.6 Å². The number of aliphatic imine (C=N–C) groups is 1. The van der Waals surface area contributed by atoms with E-state index < -0.39 is 0 Å². The molecular weight excluding hydrogens is 226 g/mol. The molecule has 0 N–H and O–H groups in total. The summed E-state index contributed by atoms with van der Waals surface area (Å²) in [7, 11) is 1.72. The molecule has 3 heteroatoms. The fraction of sp³-hybridized carbons (Fsp3) is 0.533. The van der Waals surface area contributed by atoms with Crippen molar-refractivity contribution in [3.63, 3.8) is 0 Å². The van der Waals surface area contributed by atoms with E-state index in [1.54, 1.807) is 13.2 Å². The predicted octanol–water partition coefficient (Wildman–Crippen LogP) is 2.98. The lowest BCUT2D eigenvalue weighted by Gasteiger charge is -2.37. The topological polar surface area (TPSA) is 38.7 Å². The molecule has 1 aromatic carbocycles. The second kappa shape index (κ2) is 5.47. The zero-order valence-electron chi connectivity index (χ0n) is 11.0. The Morgan fingerprint density at radius 2 is 2.28 bits per heavy atom. The minimum atomic E-state index is -0.298. The molecule has 0 aliphatic heterocycles. The first kappa shape index (κ1) is 13.0.